The summed E-state index contributed by atoms with van der Waals surface area (Å²) in [6.07, 6.45) is 2.05. The largest absolute Gasteiger partial charge is 0.508 e. The Bertz CT molecular complexity index is 1230. The summed E-state index contributed by atoms with van der Waals surface area (Å²) in [6.45, 7) is 4.07. The van der Waals surface area contributed by atoms with Crippen LogP contribution in [0.5, 0.6) is 5.75 Å². The number of benzene rings is 1. The van der Waals surface area contributed by atoms with Crippen molar-refractivity contribution >= 4 is 35.1 Å². The third-order valence-corrected chi connectivity index (χ3v) is 6.43. The summed E-state index contributed by atoms with van der Waals surface area (Å²) in [7, 11) is 1.22. The zero-order valence-electron chi connectivity index (χ0n) is 21.0. The summed E-state index contributed by atoms with van der Waals surface area (Å²) in [5.41, 5.74) is 2.32. The molecule has 10 nitrogen and oxygen atoms in total. The molecule has 1 unspecified atom stereocenters. The van der Waals surface area contributed by atoms with Crippen molar-refractivity contribution in [2.75, 3.05) is 25.5 Å². The Morgan fingerprint density at radius 3 is 2.62 bits per heavy atom. The van der Waals surface area contributed by atoms with Gasteiger partial charge in [0, 0.05) is 13.1 Å². The van der Waals surface area contributed by atoms with Gasteiger partial charge in [-0.15, -0.1) is 11.3 Å². The second kappa shape index (κ2) is 13.4. The second-order valence-electron chi connectivity index (χ2n) is 8.24. The van der Waals surface area contributed by atoms with Crippen molar-refractivity contribution in [2.45, 2.75) is 39.2 Å². The van der Waals surface area contributed by atoms with Gasteiger partial charge in [0.2, 0.25) is 5.95 Å². The molecule has 3 rings (SSSR count). The number of phenols is 1. The summed E-state index contributed by atoms with van der Waals surface area (Å²) in [5, 5.41) is 19.9. The van der Waals surface area contributed by atoms with E-state index in [1.54, 1.807) is 36.6 Å². The van der Waals surface area contributed by atoms with Crippen LogP contribution in [0, 0.1) is 6.92 Å². The van der Waals surface area contributed by atoms with Crippen LogP contribution in [0.2, 0.25) is 0 Å². The molecule has 3 aromatic rings. The van der Waals surface area contributed by atoms with E-state index in [0.29, 0.717) is 35.2 Å². The predicted molar refractivity (Wildman–Crippen MR) is 141 cm³/mol. The minimum Gasteiger partial charge on any atom is -0.508 e. The minimum atomic E-state index is -1.08. The molecular formula is C26H31N5O5S. The third kappa shape index (κ3) is 7.74. The fraction of sp³-hybridized carbons (Fsp3) is 0.346. The van der Waals surface area contributed by atoms with Crippen molar-refractivity contribution in [1.29, 1.82) is 0 Å². The first kappa shape index (κ1) is 27.6. The number of hydrogen-bond acceptors (Lipinski definition) is 9. The first-order valence-corrected chi connectivity index (χ1v) is 12.8. The Morgan fingerprint density at radius 1 is 1.14 bits per heavy atom. The fourth-order valence-corrected chi connectivity index (χ4v) is 4.36. The summed E-state index contributed by atoms with van der Waals surface area (Å²) in [6, 6.07) is 9.47. The molecule has 0 aliphatic carbocycles. The Balaban J connectivity index is 1.63. The zero-order valence-corrected chi connectivity index (χ0v) is 21.9. The molecular weight excluding hydrogens is 494 g/mol. The van der Waals surface area contributed by atoms with Gasteiger partial charge in [0.05, 0.1) is 28.9 Å². The molecule has 37 heavy (non-hydrogen) atoms. The molecule has 0 saturated carbocycles. The number of phenolic OH excluding ortho intramolecular Hbond substituents is 1. The van der Waals surface area contributed by atoms with Gasteiger partial charge in [-0.3, -0.25) is 9.59 Å². The van der Waals surface area contributed by atoms with Crippen LogP contribution in [0.1, 0.15) is 50.3 Å². The number of rotatable bonds is 12. The monoisotopic (exact) mass is 525 g/mol. The average molecular weight is 526 g/mol. The van der Waals surface area contributed by atoms with E-state index in [1.807, 2.05) is 19.1 Å². The summed E-state index contributed by atoms with van der Waals surface area (Å²) in [5.74, 6) is -0.891. The van der Waals surface area contributed by atoms with Crippen LogP contribution in [0.25, 0.3) is 0 Å². The number of nitrogens with zero attached hydrogens (tertiary/aromatic N) is 2. The van der Waals surface area contributed by atoms with E-state index in [4.69, 9.17) is 4.74 Å². The number of amides is 2. The van der Waals surface area contributed by atoms with Crippen molar-refractivity contribution in [1.82, 2.24) is 20.6 Å². The smallest absolute Gasteiger partial charge is 0.330 e. The highest BCUT2D eigenvalue weighted by Crippen LogP contribution is 2.16. The number of aromatic hydroxyl groups is 1. The van der Waals surface area contributed by atoms with Gasteiger partial charge < -0.3 is 25.8 Å². The van der Waals surface area contributed by atoms with E-state index in [1.165, 1.54) is 18.4 Å². The highest BCUT2D eigenvalue weighted by atomic mass is 32.1. The number of carbonyl (C=O) groups excluding carboxylic acids is 3. The van der Waals surface area contributed by atoms with Gasteiger partial charge >= 0.3 is 5.97 Å². The van der Waals surface area contributed by atoms with Gasteiger partial charge in [-0.2, -0.15) is 0 Å². The summed E-state index contributed by atoms with van der Waals surface area (Å²) >= 11 is 1.27. The SMILES string of the molecule is CCc1nc(NCCCc2cccc(O)c2)nc(C)c1C(=O)NC(CNC(=O)c1cccs1)C(=O)OC. The van der Waals surface area contributed by atoms with Crippen LogP contribution < -0.4 is 16.0 Å². The number of aryl methyl sites for hydroxylation is 3. The van der Waals surface area contributed by atoms with Gasteiger partial charge in [-0.25, -0.2) is 14.8 Å². The van der Waals surface area contributed by atoms with Crippen LogP contribution in [0.3, 0.4) is 0 Å². The first-order valence-electron chi connectivity index (χ1n) is 11.9. The van der Waals surface area contributed by atoms with Crippen LogP contribution in [0.15, 0.2) is 41.8 Å². The highest BCUT2D eigenvalue weighted by molar-refractivity contribution is 7.12. The normalized spacial score (nSPS) is 11.4. The maximum Gasteiger partial charge on any atom is 0.330 e. The molecule has 0 fully saturated rings. The number of hydrogen-bond donors (Lipinski definition) is 4. The molecule has 11 heteroatoms. The van der Waals surface area contributed by atoms with E-state index in [9.17, 15) is 19.5 Å². The lowest BCUT2D eigenvalue weighted by atomic mass is 10.1. The summed E-state index contributed by atoms with van der Waals surface area (Å²) in [4.78, 5) is 47.2. The zero-order chi connectivity index (χ0) is 26.8. The van der Waals surface area contributed by atoms with Crippen molar-refractivity contribution in [3.8, 4) is 5.75 Å². The molecule has 0 aliphatic rings. The Morgan fingerprint density at radius 2 is 1.95 bits per heavy atom. The topological polar surface area (TPSA) is 143 Å². The molecule has 4 N–H and O–H groups in total. The number of thiophene rings is 1. The number of anilines is 1. The van der Waals surface area contributed by atoms with Crippen LogP contribution >= 0.6 is 11.3 Å². The molecule has 2 aromatic heterocycles. The molecule has 0 aliphatic heterocycles. The number of aromatic nitrogens is 2. The van der Waals surface area contributed by atoms with Crippen molar-refractivity contribution < 1.29 is 24.2 Å². The van der Waals surface area contributed by atoms with Gasteiger partial charge in [-0.1, -0.05) is 25.1 Å². The quantitative estimate of drug-likeness (QED) is 0.209. The molecule has 0 radical (unpaired) electrons. The standard InChI is InChI=1S/C26H31N5O5S/c1-4-19-22(16(2)29-26(31-19)27-12-6-9-17-8-5-10-18(32)14-17)24(34)30-20(25(35)36-3)15-28-23(33)21-11-7-13-37-21/h5,7-8,10-11,13-14,20,32H,4,6,9,12,15H2,1-3H3,(H,28,33)(H,30,34)(H,27,29,31). The van der Waals surface area contributed by atoms with Crippen molar-refractivity contribution in [2.24, 2.45) is 0 Å². The molecule has 0 spiro atoms. The van der Waals surface area contributed by atoms with E-state index >= 15 is 0 Å². The molecule has 0 bridgehead atoms. The fourth-order valence-electron chi connectivity index (χ4n) is 3.72. The predicted octanol–water partition coefficient (Wildman–Crippen LogP) is 2.86. The van der Waals surface area contributed by atoms with Crippen LogP contribution in [-0.2, 0) is 22.4 Å². The molecule has 2 amide bonds. The van der Waals surface area contributed by atoms with Crippen molar-refractivity contribution in [3.63, 3.8) is 0 Å². The highest BCUT2D eigenvalue weighted by Gasteiger charge is 2.26. The maximum atomic E-state index is 13.2. The van der Waals surface area contributed by atoms with E-state index in [2.05, 4.69) is 25.9 Å². The van der Waals surface area contributed by atoms with Crippen LogP contribution in [-0.4, -0.2) is 59.1 Å². The van der Waals surface area contributed by atoms with Gasteiger partial charge in [0.1, 0.15) is 11.8 Å². The molecule has 1 aromatic carbocycles. The Labute approximate surface area is 219 Å². The lowest BCUT2D eigenvalue weighted by Gasteiger charge is -2.19. The van der Waals surface area contributed by atoms with E-state index in [0.717, 1.165) is 18.4 Å². The summed E-state index contributed by atoms with van der Waals surface area (Å²) < 4.78 is 4.81. The number of nitrogens with one attached hydrogen (secondary N) is 3. The first-order chi connectivity index (χ1) is 17.8. The molecule has 1 atom stereocenters. The molecule has 2 heterocycles. The number of carbonyl (C=O) groups is 3. The number of methoxy groups -OCH3 is 1. The van der Waals surface area contributed by atoms with Gasteiger partial charge in [0.15, 0.2) is 0 Å². The minimum absolute atomic E-state index is 0.130. The molecule has 0 saturated heterocycles. The van der Waals surface area contributed by atoms with Gasteiger partial charge in [0.25, 0.3) is 11.8 Å². The van der Waals surface area contributed by atoms with E-state index < -0.39 is 17.9 Å². The van der Waals surface area contributed by atoms with E-state index in [-0.39, 0.29) is 23.8 Å². The lowest BCUT2D eigenvalue weighted by Crippen LogP contribution is -2.49. The number of ether oxygens (including phenoxy) is 1. The van der Waals surface area contributed by atoms with Gasteiger partial charge in [-0.05, 0) is 55.3 Å². The van der Waals surface area contributed by atoms with Crippen LogP contribution in [0.4, 0.5) is 5.95 Å². The Hall–Kier alpha value is -3.99. The third-order valence-electron chi connectivity index (χ3n) is 5.57. The average Bonchev–Trinajstić information content (AvgIpc) is 3.43. The van der Waals surface area contributed by atoms with Crippen molar-refractivity contribution in [3.05, 3.63) is 69.2 Å². The molecule has 196 valence electrons. The Kier molecular flexibility index (Phi) is 9.96. The number of esters is 1. The lowest BCUT2D eigenvalue weighted by molar-refractivity contribution is -0.142. The second-order valence-corrected chi connectivity index (χ2v) is 9.19. The maximum absolute atomic E-state index is 13.2.